The number of aryl methyl sites for hydroxylation is 1. The van der Waals surface area contributed by atoms with Crippen LogP contribution in [-0.2, 0) is 0 Å². The van der Waals surface area contributed by atoms with Gasteiger partial charge in [-0.15, -0.1) is 0 Å². The summed E-state index contributed by atoms with van der Waals surface area (Å²) in [6.45, 7) is 2.06. The maximum atomic E-state index is 5.47. The summed E-state index contributed by atoms with van der Waals surface area (Å²) in [6, 6.07) is 21.7. The highest BCUT2D eigenvalue weighted by Gasteiger charge is 2.16. The Bertz CT molecular complexity index is 1020. The summed E-state index contributed by atoms with van der Waals surface area (Å²) in [4.78, 5) is 9.08. The van der Waals surface area contributed by atoms with Crippen molar-refractivity contribution >= 4 is 0 Å². The minimum Gasteiger partial charge on any atom is -0.480 e. The zero-order valence-corrected chi connectivity index (χ0v) is 14.5. The Labute approximate surface area is 151 Å². The molecule has 5 heteroatoms. The lowest BCUT2D eigenvalue weighted by Crippen LogP contribution is -1.95. The van der Waals surface area contributed by atoms with Crippen molar-refractivity contribution in [1.82, 2.24) is 15.1 Å². The molecule has 0 aliphatic rings. The van der Waals surface area contributed by atoms with Crippen LogP contribution in [0.4, 0.5) is 0 Å². The Kier molecular flexibility index (Phi) is 4.19. The Morgan fingerprint density at radius 2 is 1.58 bits per heavy atom. The number of benzene rings is 2. The Balaban J connectivity index is 1.71. The number of pyridine rings is 1. The molecular formula is C21H17N3O2. The van der Waals surface area contributed by atoms with E-state index in [4.69, 9.17) is 9.26 Å². The first kappa shape index (κ1) is 16.0. The van der Waals surface area contributed by atoms with Gasteiger partial charge in [-0.25, -0.2) is 4.98 Å². The van der Waals surface area contributed by atoms with Crippen LogP contribution in [0.2, 0.25) is 0 Å². The van der Waals surface area contributed by atoms with Gasteiger partial charge in [0.25, 0.3) is 5.89 Å². The van der Waals surface area contributed by atoms with Gasteiger partial charge in [-0.3, -0.25) is 0 Å². The zero-order chi connectivity index (χ0) is 17.9. The van der Waals surface area contributed by atoms with Crippen molar-refractivity contribution < 1.29 is 9.26 Å². The monoisotopic (exact) mass is 343 g/mol. The molecule has 0 N–H and O–H groups in total. The van der Waals surface area contributed by atoms with Crippen LogP contribution in [0.1, 0.15) is 5.56 Å². The molecule has 0 amide bonds. The predicted molar refractivity (Wildman–Crippen MR) is 99.7 cm³/mol. The van der Waals surface area contributed by atoms with Gasteiger partial charge in [0.1, 0.15) is 0 Å². The highest BCUT2D eigenvalue weighted by atomic mass is 16.5. The van der Waals surface area contributed by atoms with E-state index in [1.54, 1.807) is 7.11 Å². The minimum absolute atomic E-state index is 0.448. The molecule has 0 saturated carbocycles. The summed E-state index contributed by atoms with van der Waals surface area (Å²) in [6.07, 6.45) is 0. The predicted octanol–water partition coefficient (Wildman–Crippen LogP) is 4.78. The first-order valence-corrected chi connectivity index (χ1v) is 8.26. The number of hydrogen-bond acceptors (Lipinski definition) is 5. The SMILES string of the molecule is COc1nc(-c2ccc(C)cc2)ccc1-c1noc(-c2ccccc2)n1. The van der Waals surface area contributed by atoms with E-state index in [0.29, 0.717) is 23.2 Å². The smallest absolute Gasteiger partial charge is 0.258 e. The molecule has 0 spiro atoms. The number of ether oxygens (including phenoxy) is 1. The standard InChI is InChI=1S/C21H17N3O2/c1-14-8-10-15(11-9-14)18-13-12-17(21(22-18)25-2)19-23-20(26-24-19)16-6-4-3-5-7-16/h3-13H,1-2H3. The van der Waals surface area contributed by atoms with Crippen molar-refractivity contribution in [2.24, 2.45) is 0 Å². The van der Waals surface area contributed by atoms with Gasteiger partial charge in [-0.05, 0) is 31.2 Å². The molecule has 2 heterocycles. The summed E-state index contributed by atoms with van der Waals surface area (Å²) in [7, 11) is 1.59. The van der Waals surface area contributed by atoms with E-state index >= 15 is 0 Å². The fourth-order valence-electron chi connectivity index (χ4n) is 2.68. The van der Waals surface area contributed by atoms with Crippen LogP contribution in [0.25, 0.3) is 34.1 Å². The van der Waals surface area contributed by atoms with E-state index in [0.717, 1.165) is 16.8 Å². The first-order chi connectivity index (χ1) is 12.7. The minimum atomic E-state index is 0.448. The van der Waals surface area contributed by atoms with Crippen LogP contribution in [0, 0.1) is 6.92 Å². The molecule has 128 valence electrons. The van der Waals surface area contributed by atoms with Crippen molar-refractivity contribution in [3.8, 4) is 40.0 Å². The van der Waals surface area contributed by atoms with Gasteiger partial charge < -0.3 is 9.26 Å². The molecule has 0 aliphatic heterocycles. The maximum Gasteiger partial charge on any atom is 0.258 e. The lowest BCUT2D eigenvalue weighted by Gasteiger charge is -2.07. The summed E-state index contributed by atoms with van der Waals surface area (Å²) in [5, 5.41) is 4.08. The number of hydrogen-bond donors (Lipinski definition) is 0. The molecule has 4 aromatic rings. The molecule has 0 aliphatic carbocycles. The second kappa shape index (κ2) is 6.80. The summed E-state index contributed by atoms with van der Waals surface area (Å²) < 4.78 is 10.9. The maximum absolute atomic E-state index is 5.47. The summed E-state index contributed by atoms with van der Waals surface area (Å²) in [5.41, 5.74) is 4.62. The lowest BCUT2D eigenvalue weighted by atomic mass is 10.1. The third-order valence-corrected chi connectivity index (χ3v) is 4.09. The van der Waals surface area contributed by atoms with Gasteiger partial charge in [-0.2, -0.15) is 4.98 Å². The molecule has 0 bridgehead atoms. The average molecular weight is 343 g/mol. The fourth-order valence-corrected chi connectivity index (χ4v) is 2.68. The van der Waals surface area contributed by atoms with E-state index in [1.807, 2.05) is 54.6 Å². The molecule has 0 atom stereocenters. The van der Waals surface area contributed by atoms with Crippen LogP contribution in [0.5, 0.6) is 5.88 Å². The van der Waals surface area contributed by atoms with Crippen LogP contribution in [0.3, 0.4) is 0 Å². The average Bonchev–Trinajstić information content (AvgIpc) is 3.19. The highest BCUT2D eigenvalue weighted by Crippen LogP contribution is 2.31. The summed E-state index contributed by atoms with van der Waals surface area (Å²) >= 11 is 0. The third kappa shape index (κ3) is 3.07. The second-order valence-electron chi connectivity index (χ2n) is 5.91. The number of methoxy groups -OCH3 is 1. The molecule has 5 nitrogen and oxygen atoms in total. The van der Waals surface area contributed by atoms with Crippen molar-refractivity contribution in [2.75, 3.05) is 7.11 Å². The van der Waals surface area contributed by atoms with Gasteiger partial charge in [0.15, 0.2) is 0 Å². The number of aromatic nitrogens is 3. The third-order valence-electron chi connectivity index (χ3n) is 4.09. The molecule has 2 aromatic heterocycles. The first-order valence-electron chi connectivity index (χ1n) is 8.26. The van der Waals surface area contributed by atoms with Gasteiger partial charge in [0, 0.05) is 11.1 Å². The molecule has 0 fully saturated rings. The topological polar surface area (TPSA) is 61.0 Å². The Morgan fingerprint density at radius 1 is 0.808 bits per heavy atom. The van der Waals surface area contributed by atoms with Crippen LogP contribution in [0.15, 0.2) is 71.3 Å². The molecule has 0 unspecified atom stereocenters. The zero-order valence-electron chi connectivity index (χ0n) is 14.5. The van der Waals surface area contributed by atoms with Gasteiger partial charge in [0.2, 0.25) is 11.7 Å². The van der Waals surface area contributed by atoms with Crippen LogP contribution in [-0.4, -0.2) is 22.2 Å². The van der Waals surface area contributed by atoms with E-state index in [9.17, 15) is 0 Å². The van der Waals surface area contributed by atoms with Gasteiger partial charge >= 0.3 is 0 Å². The molecule has 0 radical (unpaired) electrons. The number of nitrogens with zero attached hydrogens (tertiary/aromatic N) is 3. The second-order valence-corrected chi connectivity index (χ2v) is 5.91. The quantitative estimate of drug-likeness (QED) is 0.533. The van der Waals surface area contributed by atoms with Crippen LogP contribution >= 0.6 is 0 Å². The summed E-state index contributed by atoms with van der Waals surface area (Å²) in [5.74, 6) is 1.37. The Morgan fingerprint density at radius 3 is 2.31 bits per heavy atom. The van der Waals surface area contributed by atoms with E-state index in [1.165, 1.54) is 5.56 Å². The van der Waals surface area contributed by atoms with E-state index in [-0.39, 0.29) is 0 Å². The fraction of sp³-hybridized carbons (Fsp3) is 0.0952. The van der Waals surface area contributed by atoms with Gasteiger partial charge in [0.05, 0.1) is 18.4 Å². The van der Waals surface area contributed by atoms with Crippen molar-refractivity contribution in [2.45, 2.75) is 6.92 Å². The molecule has 2 aromatic carbocycles. The lowest BCUT2D eigenvalue weighted by molar-refractivity contribution is 0.398. The largest absolute Gasteiger partial charge is 0.480 e. The van der Waals surface area contributed by atoms with Crippen molar-refractivity contribution in [1.29, 1.82) is 0 Å². The van der Waals surface area contributed by atoms with E-state index < -0.39 is 0 Å². The highest BCUT2D eigenvalue weighted by molar-refractivity contribution is 5.69. The van der Waals surface area contributed by atoms with Crippen LogP contribution < -0.4 is 4.74 Å². The molecule has 26 heavy (non-hydrogen) atoms. The van der Waals surface area contributed by atoms with Crippen molar-refractivity contribution in [3.63, 3.8) is 0 Å². The van der Waals surface area contributed by atoms with Crippen molar-refractivity contribution in [3.05, 3.63) is 72.3 Å². The Hall–Kier alpha value is -3.47. The molecule has 4 rings (SSSR count). The normalized spacial score (nSPS) is 10.7. The molecule has 0 saturated heterocycles. The number of rotatable bonds is 4. The van der Waals surface area contributed by atoms with Gasteiger partial charge in [-0.1, -0.05) is 53.2 Å². The molecular weight excluding hydrogens is 326 g/mol. The van der Waals surface area contributed by atoms with E-state index in [2.05, 4.69) is 34.2 Å².